The van der Waals surface area contributed by atoms with Crippen LogP contribution in [0.15, 0.2) is 60.8 Å². The fourth-order valence-corrected chi connectivity index (χ4v) is 4.19. The molecular formula is C25H30N2. The summed E-state index contributed by atoms with van der Waals surface area (Å²) in [5.41, 5.74) is 6.93. The maximum atomic E-state index is 3.45. The Bertz CT molecular complexity index is 920. The quantitative estimate of drug-likeness (QED) is 0.438. The maximum absolute atomic E-state index is 3.45. The third kappa shape index (κ3) is 4.17. The number of hydrogen-bond donors (Lipinski definition) is 1. The molecule has 1 atom stereocenters. The van der Waals surface area contributed by atoms with E-state index in [1.165, 1.54) is 52.5 Å². The van der Waals surface area contributed by atoms with Gasteiger partial charge in [0.2, 0.25) is 0 Å². The molecule has 2 aromatic carbocycles. The summed E-state index contributed by atoms with van der Waals surface area (Å²) < 4.78 is 0. The van der Waals surface area contributed by atoms with E-state index in [0.29, 0.717) is 5.92 Å². The molecule has 1 N–H and O–H groups in total. The van der Waals surface area contributed by atoms with Crippen LogP contribution in [0, 0.1) is 13.8 Å². The van der Waals surface area contributed by atoms with Crippen molar-refractivity contribution >= 4 is 10.9 Å². The number of aromatic amines is 1. The number of benzene rings is 2. The van der Waals surface area contributed by atoms with Gasteiger partial charge in [-0.1, -0.05) is 42.5 Å². The predicted molar refractivity (Wildman–Crippen MR) is 115 cm³/mol. The molecule has 0 aliphatic carbocycles. The van der Waals surface area contributed by atoms with Gasteiger partial charge in [-0.25, -0.2) is 0 Å². The van der Waals surface area contributed by atoms with Crippen molar-refractivity contribution in [3.05, 3.63) is 83.1 Å². The fourth-order valence-electron chi connectivity index (χ4n) is 4.19. The van der Waals surface area contributed by atoms with Crippen molar-refractivity contribution in [2.75, 3.05) is 19.6 Å². The van der Waals surface area contributed by atoms with Crippen LogP contribution in [0.5, 0.6) is 0 Å². The second kappa shape index (κ2) is 8.14. The van der Waals surface area contributed by atoms with E-state index >= 15 is 0 Å². The molecule has 0 fully saturated rings. The van der Waals surface area contributed by atoms with Gasteiger partial charge in [-0.05, 0) is 74.0 Å². The molecule has 27 heavy (non-hydrogen) atoms. The molecule has 2 heterocycles. The molecule has 1 aliphatic rings. The number of unbranched alkanes of at least 4 members (excludes halogenated alkanes) is 1. The van der Waals surface area contributed by atoms with Gasteiger partial charge in [0.05, 0.1) is 0 Å². The summed E-state index contributed by atoms with van der Waals surface area (Å²) in [4.78, 5) is 6.05. The highest BCUT2D eigenvalue weighted by molar-refractivity contribution is 5.84. The lowest BCUT2D eigenvalue weighted by Gasteiger charge is -2.29. The second-order valence-corrected chi connectivity index (χ2v) is 7.96. The highest BCUT2D eigenvalue weighted by Gasteiger charge is 2.16. The summed E-state index contributed by atoms with van der Waals surface area (Å²) in [5.74, 6) is 0.541. The molecule has 0 amide bonds. The SMILES string of the molecule is Cc1cc2[nH]cc(CCCCN3CC=CC(c4ccccc4)C3)c2cc1C. The normalized spacial score (nSPS) is 17.6. The van der Waals surface area contributed by atoms with E-state index in [0.717, 1.165) is 19.5 Å². The first-order chi connectivity index (χ1) is 13.2. The fraction of sp³-hybridized carbons (Fsp3) is 0.360. The Kier molecular flexibility index (Phi) is 5.45. The molecule has 4 rings (SSSR count). The zero-order valence-electron chi connectivity index (χ0n) is 16.5. The van der Waals surface area contributed by atoms with Crippen LogP contribution in [-0.2, 0) is 6.42 Å². The number of H-pyrrole nitrogens is 1. The molecular weight excluding hydrogens is 328 g/mol. The van der Waals surface area contributed by atoms with E-state index in [1.54, 1.807) is 0 Å². The lowest BCUT2D eigenvalue weighted by molar-refractivity contribution is 0.278. The van der Waals surface area contributed by atoms with Crippen LogP contribution in [0.4, 0.5) is 0 Å². The summed E-state index contributed by atoms with van der Waals surface area (Å²) in [6.45, 7) is 7.82. The van der Waals surface area contributed by atoms with Crippen molar-refractivity contribution in [3.63, 3.8) is 0 Å². The molecule has 0 saturated heterocycles. The average molecular weight is 359 g/mol. The van der Waals surface area contributed by atoms with E-state index < -0.39 is 0 Å². The van der Waals surface area contributed by atoms with Gasteiger partial charge in [0.15, 0.2) is 0 Å². The van der Waals surface area contributed by atoms with E-state index in [-0.39, 0.29) is 0 Å². The molecule has 0 spiro atoms. The van der Waals surface area contributed by atoms with Crippen molar-refractivity contribution < 1.29 is 0 Å². The highest BCUT2D eigenvalue weighted by Crippen LogP contribution is 2.24. The number of aryl methyl sites for hydroxylation is 3. The van der Waals surface area contributed by atoms with Gasteiger partial charge in [-0.15, -0.1) is 0 Å². The molecule has 140 valence electrons. The molecule has 1 aromatic heterocycles. The van der Waals surface area contributed by atoms with Crippen LogP contribution in [0.2, 0.25) is 0 Å². The molecule has 1 aliphatic heterocycles. The summed E-state index contributed by atoms with van der Waals surface area (Å²) in [7, 11) is 0. The van der Waals surface area contributed by atoms with Gasteiger partial charge < -0.3 is 4.98 Å². The van der Waals surface area contributed by atoms with E-state index in [4.69, 9.17) is 0 Å². The summed E-state index contributed by atoms with van der Waals surface area (Å²) in [6.07, 6.45) is 10.6. The van der Waals surface area contributed by atoms with Crippen molar-refractivity contribution in [1.29, 1.82) is 0 Å². The third-order valence-corrected chi connectivity index (χ3v) is 5.97. The number of aromatic nitrogens is 1. The Morgan fingerprint density at radius 1 is 1.04 bits per heavy atom. The molecule has 2 nitrogen and oxygen atoms in total. The van der Waals surface area contributed by atoms with E-state index in [9.17, 15) is 0 Å². The number of nitrogens with zero attached hydrogens (tertiary/aromatic N) is 1. The van der Waals surface area contributed by atoms with Crippen molar-refractivity contribution in [2.24, 2.45) is 0 Å². The number of fused-ring (bicyclic) bond motifs is 1. The van der Waals surface area contributed by atoms with Gasteiger partial charge in [0, 0.05) is 36.1 Å². The van der Waals surface area contributed by atoms with Crippen LogP contribution in [-0.4, -0.2) is 29.5 Å². The van der Waals surface area contributed by atoms with Crippen LogP contribution >= 0.6 is 0 Å². The molecule has 0 radical (unpaired) electrons. The Balaban J connectivity index is 1.29. The Morgan fingerprint density at radius 3 is 2.70 bits per heavy atom. The first-order valence-corrected chi connectivity index (χ1v) is 10.2. The largest absolute Gasteiger partial charge is 0.361 e. The van der Waals surface area contributed by atoms with E-state index in [1.807, 2.05) is 0 Å². The number of rotatable bonds is 6. The monoisotopic (exact) mass is 358 g/mol. The lowest BCUT2D eigenvalue weighted by Crippen LogP contribution is -2.32. The van der Waals surface area contributed by atoms with Gasteiger partial charge >= 0.3 is 0 Å². The average Bonchev–Trinajstić information content (AvgIpc) is 3.08. The second-order valence-electron chi connectivity index (χ2n) is 7.96. The number of nitrogens with one attached hydrogen (secondary N) is 1. The molecule has 0 saturated carbocycles. The minimum atomic E-state index is 0.541. The van der Waals surface area contributed by atoms with Crippen LogP contribution in [0.25, 0.3) is 10.9 Å². The minimum absolute atomic E-state index is 0.541. The lowest BCUT2D eigenvalue weighted by atomic mass is 9.95. The first-order valence-electron chi connectivity index (χ1n) is 10.2. The Labute approximate surface area is 162 Å². The smallest absolute Gasteiger partial charge is 0.0459 e. The zero-order valence-corrected chi connectivity index (χ0v) is 16.5. The van der Waals surface area contributed by atoms with Crippen molar-refractivity contribution in [3.8, 4) is 0 Å². The molecule has 1 unspecified atom stereocenters. The minimum Gasteiger partial charge on any atom is -0.361 e. The van der Waals surface area contributed by atoms with Crippen molar-refractivity contribution in [1.82, 2.24) is 9.88 Å². The van der Waals surface area contributed by atoms with Crippen LogP contribution in [0.1, 0.15) is 41.0 Å². The molecule has 2 heteroatoms. The van der Waals surface area contributed by atoms with Gasteiger partial charge in [0.1, 0.15) is 0 Å². The highest BCUT2D eigenvalue weighted by atomic mass is 15.1. The van der Waals surface area contributed by atoms with Crippen LogP contribution < -0.4 is 0 Å². The van der Waals surface area contributed by atoms with Gasteiger partial charge in [0.25, 0.3) is 0 Å². The van der Waals surface area contributed by atoms with E-state index in [2.05, 4.69) is 84.5 Å². The maximum Gasteiger partial charge on any atom is 0.0459 e. The Morgan fingerprint density at radius 2 is 1.85 bits per heavy atom. The summed E-state index contributed by atoms with van der Waals surface area (Å²) in [5, 5.41) is 1.41. The zero-order chi connectivity index (χ0) is 18.6. The third-order valence-electron chi connectivity index (χ3n) is 5.97. The summed E-state index contributed by atoms with van der Waals surface area (Å²) in [6, 6.07) is 15.5. The Hall–Kier alpha value is -2.32. The van der Waals surface area contributed by atoms with Gasteiger partial charge in [-0.3, -0.25) is 4.90 Å². The van der Waals surface area contributed by atoms with Crippen LogP contribution in [0.3, 0.4) is 0 Å². The topological polar surface area (TPSA) is 19.0 Å². The van der Waals surface area contributed by atoms with Gasteiger partial charge in [-0.2, -0.15) is 0 Å². The first kappa shape index (κ1) is 18.1. The predicted octanol–water partition coefficient (Wildman–Crippen LogP) is 5.76. The van der Waals surface area contributed by atoms with Crippen molar-refractivity contribution in [2.45, 2.75) is 39.0 Å². The number of hydrogen-bond acceptors (Lipinski definition) is 1. The molecule has 0 bridgehead atoms. The standard InChI is InChI=1S/C25H30N2/c1-19-15-24-22(17-26-25(24)16-20(19)2)11-6-7-13-27-14-8-12-23(18-27)21-9-4-3-5-10-21/h3-5,8-10,12,15-17,23,26H,6-7,11,13-14,18H2,1-2H3. The summed E-state index contributed by atoms with van der Waals surface area (Å²) >= 11 is 0. The molecule has 3 aromatic rings.